The molecule has 0 radical (unpaired) electrons. The maximum absolute atomic E-state index is 12.6. The van der Waals surface area contributed by atoms with Gasteiger partial charge in [0.05, 0.1) is 27.6 Å². The Balaban J connectivity index is 1.58. The summed E-state index contributed by atoms with van der Waals surface area (Å²) in [4.78, 5) is 36.8. The molecule has 0 aliphatic carbocycles. The first kappa shape index (κ1) is 54.2. The minimum Gasteiger partial charge on any atom is -0.356 e. The summed E-state index contributed by atoms with van der Waals surface area (Å²) in [7, 11) is -17.5. The summed E-state index contributed by atoms with van der Waals surface area (Å²) in [6.07, 6.45) is 14.6. The minimum absolute atomic E-state index is 0.0122. The van der Waals surface area contributed by atoms with Gasteiger partial charge < -0.3 is 5.32 Å². The second kappa shape index (κ2) is 22.6. The highest BCUT2D eigenvalue weighted by molar-refractivity contribution is 7.86. The molecular weight excluding hydrogens is 943 g/mol. The number of carbonyl (C=O) groups is 3. The summed E-state index contributed by atoms with van der Waals surface area (Å²) in [5, 5.41) is 9.03. The normalized spacial score (nSPS) is 21.1. The van der Waals surface area contributed by atoms with E-state index in [9.17, 15) is 66.3 Å². The Morgan fingerprint density at radius 1 is 0.742 bits per heavy atom. The molecule has 24 heteroatoms. The SMILES string of the molecule is CC1=NN(CCCS(=O)(=O)O)\C(=C/C=C/C=C/C2=[N+](CCCCCC(=O)NCCCCN3C(=O)C=CC3=O)c3ccc(S(=O)(=O)O)cc3C2(C)CCCS(=O)(=O)O)C1(C)CCCS(=O)(=O)O. The molecule has 2 unspecified atom stereocenters. The van der Waals surface area contributed by atoms with Crippen LogP contribution >= 0.6 is 0 Å². The maximum atomic E-state index is 12.6. The van der Waals surface area contributed by atoms with Crippen molar-refractivity contribution in [3.05, 3.63) is 72.0 Å². The van der Waals surface area contributed by atoms with E-state index in [2.05, 4.69) is 10.4 Å². The first-order valence-electron chi connectivity index (χ1n) is 21.5. The van der Waals surface area contributed by atoms with Crippen LogP contribution in [0.4, 0.5) is 5.69 Å². The van der Waals surface area contributed by atoms with Gasteiger partial charge >= 0.3 is 0 Å². The van der Waals surface area contributed by atoms with Crippen LogP contribution in [0.1, 0.15) is 97.0 Å². The third kappa shape index (κ3) is 15.6. The average Bonchev–Trinajstić information content (AvgIpc) is 3.72. The molecule has 1 aromatic carbocycles. The van der Waals surface area contributed by atoms with Crippen LogP contribution in [-0.2, 0) is 60.3 Å². The van der Waals surface area contributed by atoms with E-state index in [1.54, 1.807) is 55.3 Å². The van der Waals surface area contributed by atoms with E-state index in [4.69, 9.17) is 0 Å². The highest BCUT2D eigenvalue weighted by atomic mass is 32.2. The summed E-state index contributed by atoms with van der Waals surface area (Å²) in [5.41, 5.74) is 1.10. The molecule has 20 nitrogen and oxygen atoms in total. The molecule has 4 rings (SSSR count). The van der Waals surface area contributed by atoms with Crippen LogP contribution in [0.25, 0.3) is 0 Å². The molecule has 1 aromatic rings. The molecular formula is C42H60N5O15S4+. The smallest absolute Gasteiger partial charge is 0.294 e. The first-order chi connectivity index (χ1) is 30.6. The topological polar surface area (TPSA) is 303 Å². The molecule has 0 spiro atoms. The third-order valence-corrected chi connectivity index (χ3v) is 15.2. The third-order valence-electron chi connectivity index (χ3n) is 11.9. The fraction of sp³-hybridized carbons (Fsp3) is 0.548. The van der Waals surface area contributed by atoms with Crippen molar-refractivity contribution >= 4 is 75.3 Å². The number of carbonyl (C=O) groups excluding carboxylic acids is 3. The largest absolute Gasteiger partial charge is 0.356 e. The van der Waals surface area contributed by atoms with Crippen molar-refractivity contribution in [2.75, 3.05) is 43.4 Å². The molecule has 0 saturated heterocycles. The van der Waals surface area contributed by atoms with Crippen molar-refractivity contribution < 1.29 is 70.8 Å². The number of hydrogen-bond acceptors (Lipinski definition) is 13. The Bertz CT molecular complexity index is 2640. The number of hydrogen-bond donors (Lipinski definition) is 5. The molecule has 2 atom stereocenters. The van der Waals surface area contributed by atoms with E-state index in [-0.39, 0.29) is 74.2 Å². The minimum atomic E-state index is -4.65. The Morgan fingerprint density at radius 2 is 1.35 bits per heavy atom. The van der Waals surface area contributed by atoms with E-state index in [0.717, 1.165) is 4.90 Å². The van der Waals surface area contributed by atoms with Crippen molar-refractivity contribution in [3.8, 4) is 0 Å². The number of nitrogens with zero attached hydrogens (tertiary/aromatic N) is 4. The second-order valence-electron chi connectivity index (χ2n) is 16.9. The van der Waals surface area contributed by atoms with Crippen molar-refractivity contribution in [1.82, 2.24) is 15.2 Å². The molecule has 3 heterocycles. The molecule has 5 N–H and O–H groups in total. The highest BCUT2D eigenvalue weighted by Crippen LogP contribution is 2.45. The lowest BCUT2D eigenvalue weighted by Crippen LogP contribution is -2.32. The number of rotatable bonds is 27. The van der Waals surface area contributed by atoms with E-state index >= 15 is 0 Å². The zero-order valence-electron chi connectivity index (χ0n) is 37.2. The van der Waals surface area contributed by atoms with Gasteiger partial charge in [-0.15, -0.1) is 0 Å². The van der Waals surface area contributed by atoms with Crippen LogP contribution in [-0.4, -0.2) is 139 Å². The Hall–Kier alpha value is -4.43. The van der Waals surface area contributed by atoms with E-state index in [1.807, 2.05) is 11.5 Å². The molecule has 0 aromatic heterocycles. The summed E-state index contributed by atoms with van der Waals surface area (Å²) < 4.78 is 134. The number of amides is 3. The first-order valence-corrected chi connectivity index (χ1v) is 27.7. The van der Waals surface area contributed by atoms with Gasteiger partial charge in [-0.3, -0.25) is 42.5 Å². The molecule has 0 fully saturated rings. The lowest BCUT2D eigenvalue weighted by molar-refractivity contribution is -0.438. The number of fused-ring (bicyclic) bond motifs is 1. The van der Waals surface area contributed by atoms with Crippen LogP contribution in [0, 0.1) is 5.41 Å². The second-order valence-corrected chi connectivity index (χ2v) is 23.0. The van der Waals surface area contributed by atoms with Crippen molar-refractivity contribution in [1.29, 1.82) is 0 Å². The molecule has 366 valence electrons. The summed E-state index contributed by atoms with van der Waals surface area (Å²) in [6.45, 7) is 6.53. The lowest BCUT2D eigenvalue weighted by Gasteiger charge is -2.29. The van der Waals surface area contributed by atoms with Gasteiger partial charge in [-0.05, 0) is 96.8 Å². The van der Waals surface area contributed by atoms with Gasteiger partial charge in [0.1, 0.15) is 6.54 Å². The number of benzene rings is 1. The molecule has 3 aliphatic rings. The van der Waals surface area contributed by atoms with Crippen LogP contribution in [0.2, 0.25) is 0 Å². The van der Waals surface area contributed by atoms with E-state index < -0.39 is 68.6 Å². The van der Waals surface area contributed by atoms with Gasteiger partial charge in [0.25, 0.3) is 52.3 Å². The summed E-state index contributed by atoms with van der Waals surface area (Å²) >= 11 is 0. The summed E-state index contributed by atoms with van der Waals surface area (Å²) in [6, 6.07) is 4.17. The number of imide groups is 1. The Morgan fingerprint density at radius 3 is 1.95 bits per heavy atom. The standard InChI is InChI=1S/C42H59N5O15S4/c1-32-41(2,22-12-28-63(51,52)53)37(47(44-32)27-14-30-65(57,58)59)16-7-4-6-15-36-42(3,23-13-29-64(54,55)56)34-31-33(66(60,61)62)18-19-35(34)45(36)25-10-5-8-17-38(48)43-24-9-11-26-46-39(49)20-21-40(46)50/h4,6-7,15-16,18-21,31H,5,8-14,17,22-30H2,1-3H3,(H4-,43,48,51,52,53,54,55,56,57,58,59,60,61,62)/p+1. The predicted molar refractivity (Wildman–Crippen MR) is 247 cm³/mol. The Labute approximate surface area is 387 Å². The van der Waals surface area contributed by atoms with Gasteiger partial charge in [0, 0.05) is 79.2 Å². The number of nitrogens with one attached hydrogen (secondary N) is 1. The number of unbranched alkanes of at least 4 members (excludes halogenated alkanes) is 3. The van der Waals surface area contributed by atoms with Crippen molar-refractivity contribution in [2.45, 2.75) is 102 Å². The molecule has 0 saturated carbocycles. The van der Waals surface area contributed by atoms with Gasteiger partial charge in [-0.25, -0.2) is 0 Å². The predicted octanol–water partition coefficient (Wildman–Crippen LogP) is 3.98. The van der Waals surface area contributed by atoms with Crippen LogP contribution in [0.5, 0.6) is 0 Å². The van der Waals surface area contributed by atoms with Gasteiger partial charge in [0.2, 0.25) is 11.6 Å². The fourth-order valence-corrected chi connectivity index (χ4v) is 10.3. The zero-order valence-corrected chi connectivity index (χ0v) is 40.5. The zero-order chi connectivity index (χ0) is 49.1. The molecule has 3 aliphatic heterocycles. The van der Waals surface area contributed by atoms with Crippen molar-refractivity contribution in [3.63, 3.8) is 0 Å². The summed E-state index contributed by atoms with van der Waals surface area (Å²) in [5.74, 6) is -2.43. The van der Waals surface area contributed by atoms with Crippen LogP contribution in [0.3, 0.4) is 0 Å². The highest BCUT2D eigenvalue weighted by Gasteiger charge is 2.48. The van der Waals surface area contributed by atoms with Gasteiger partial charge in [-0.1, -0.05) is 18.2 Å². The van der Waals surface area contributed by atoms with E-state index in [0.29, 0.717) is 73.6 Å². The quantitative estimate of drug-likeness (QED) is 0.0274. The lowest BCUT2D eigenvalue weighted by atomic mass is 9.76. The van der Waals surface area contributed by atoms with E-state index in [1.165, 1.54) is 24.3 Å². The van der Waals surface area contributed by atoms with Gasteiger partial charge in [0.15, 0.2) is 5.71 Å². The molecule has 66 heavy (non-hydrogen) atoms. The molecule has 3 amide bonds. The Kier molecular flexibility index (Phi) is 18.5. The number of allylic oxidation sites excluding steroid dienone is 6. The maximum Gasteiger partial charge on any atom is 0.294 e. The van der Waals surface area contributed by atoms with Crippen LogP contribution in [0.15, 0.2) is 76.4 Å². The number of hydrazone groups is 1. The van der Waals surface area contributed by atoms with Gasteiger partial charge in [-0.2, -0.15) is 43.3 Å². The molecule has 0 bridgehead atoms. The fourth-order valence-electron chi connectivity index (χ4n) is 8.33. The average molecular weight is 1000 g/mol. The van der Waals surface area contributed by atoms with Crippen molar-refractivity contribution in [2.24, 2.45) is 10.5 Å². The van der Waals surface area contributed by atoms with Crippen LogP contribution < -0.4 is 5.32 Å². The monoisotopic (exact) mass is 1000 g/mol.